The summed E-state index contributed by atoms with van der Waals surface area (Å²) in [5.41, 5.74) is 9.19. The normalized spacial score (nSPS) is 11.1. The van der Waals surface area contributed by atoms with Crippen LogP contribution in [0.5, 0.6) is 0 Å². The van der Waals surface area contributed by atoms with Gasteiger partial charge < -0.3 is 10.1 Å². The van der Waals surface area contributed by atoms with Gasteiger partial charge in [-0.3, -0.25) is 0 Å². The fourth-order valence-electron chi connectivity index (χ4n) is 1.89. The first-order valence-electron chi connectivity index (χ1n) is 5.42. The molecule has 0 aromatic carbocycles. The summed E-state index contributed by atoms with van der Waals surface area (Å²) in [6.45, 7) is 4.88. The van der Waals surface area contributed by atoms with Crippen LogP contribution in [0.15, 0.2) is 18.3 Å². The van der Waals surface area contributed by atoms with Gasteiger partial charge in [-0.05, 0) is 31.2 Å². The Morgan fingerprint density at radius 1 is 1.47 bits per heavy atom. The Bertz CT molecular complexity index is 471. The number of imidazole rings is 1. The molecule has 0 fully saturated rings. The third kappa shape index (κ3) is 1.75. The number of nitrogens with zero attached hydrogens (tertiary/aromatic N) is 2. The van der Waals surface area contributed by atoms with Crippen LogP contribution in [-0.2, 0) is 12.8 Å². The number of rotatable bonds is 3. The Kier molecular flexibility index (Phi) is 2.73. The molecule has 2 N–H and O–H groups in total. The largest absolute Gasteiger partial charge is 0.330 e. The van der Waals surface area contributed by atoms with Gasteiger partial charge in [0.25, 0.3) is 0 Å². The molecule has 2 heterocycles. The lowest BCUT2D eigenvalue weighted by Gasteiger charge is -1.99. The number of fused-ring (bicyclic) bond motifs is 1. The summed E-state index contributed by atoms with van der Waals surface area (Å²) >= 11 is 0. The topological polar surface area (TPSA) is 43.3 Å². The maximum atomic E-state index is 5.59. The van der Waals surface area contributed by atoms with E-state index in [1.807, 2.05) is 0 Å². The Hall–Kier alpha value is -1.35. The molecular weight excluding hydrogens is 186 g/mol. The lowest BCUT2D eigenvalue weighted by molar-refractivity contribution is 0.899. The quantitative estimate of drug-likeness (QED) is 0.825. The van der Waals surface area contributed by atoms with Crippen molar-refractivity contribution in [2.45, 2.75) is 26.7 Å². The summed E-state index contributed by atoms with van der Waals surface area (Å²) in [5, 5.41) is 0. The molecule has 0 spiro atoms. The van der Waals surface area contributed by atoms with Gasteiger partial charge in [0.2, 0.25) is 0 Å². The molecule has 0 aliphatic heterocycles. The van der Waals surface area contributed by atoms with Crippen LogP contribution >= 0.6 is 0 Å². The zero-order valence-corrected chi connectivity index (χ0v) is 9.33. The van der Waals surface area contributed by atoms with Crippen LogP contribution in [0.25, 0.3) is 5.52 Å². The van der Waals surface area contributed by atoms with Crippen molar-refractivity contribution < 1.29 is 0 Å². The van der Waals surface area contributed by atoms with Gasteiger partial charge in [0.1, 0.15) is 5.82 Å². The summed E-state index contributed by atoms with van der Waals surface area (Å²) in [6, 6.07) is 4.29. The van der Waals surface area contributed by atoms with E-state index in [1.165, 1.54) is 11.1 Å². The minimum atomic E-state index is 0.657. The van der Waals surface area contributed by atoms with Crippen molar-refractivity contribution in [1.29, 1.82) is 0 Å². The van der Waals surface area contributed by atoms with Crippen molar-refractivity contribution in [3.05, 3.63) is 35.4 Å². The molecule has 3 nitrogen and oxygen atoms in total. The molecule has 0 aliphatic rings. The van der Waals surface area contributed by atoms with Crippen molar-refractivity contribution in [3.63, 3.8) is 0 Å². The molecule has 0 aliphatic carbocycles. The first-order valence-corrected chi connectivity index (χ1v) is 5.42. The second-order valence-corrected chi connectivity index (χ2v) is 3.83. The fraction of sp³-hybridized carbons (Fsp3) is 0.417. The van der Waals surface area contributed by atoms with Crippen LogP contribution in [0.3, 0.4) is 0 Å². The highest BCUT2D eigenvalue weighted by Crippen LogP contribution is 2.15. The second-order valence-electron chi connectivity index (χ2n) is 3.83. The second kappa shape index (κ2) is 4.03. The van der Waals surface area contributed by atoms with Crippen molar-refractivity contribution in [1.82, 2.24) is 9.38 Å². The predicted molar refractivity (Wildman–Crippen MR) is 62.1 cm³/mol. The maximum Gasteiger partial charge on any atom is 0.113 e. The highest BCUT2D eigenvalue weighted by Gasteiger charge is 2.08. The molecule has 80 valence electrons. The van der Waals surface area contributed by atoms with E-state index in [-0.39, 0.29) is 0 Å². The van der Waals surface area contributed by atoms with Crippen LogP contribution in [0.4, 0.5) is 0 Å². The molecule has 0 unspecified atom stereocenters. The minimum Gasteiger partial charge on any atom is -0.330 e. The van der Waals surface area contributed by atoms with Crippen molar-refractivity contribution in [3.8, 4) is 0 Å². The molecular formula is C12H17N3. The van der Waals surface area contributed by atoms with E-state index >= 15 is 0 Å². The van der Waals surface area contributed by atoms with Crippen LogP contribution in [-0.4, -0.2) is 15.9 Å². The summed E-state index contributed by atoms with van der Waals surface area (Å²) in [7, 11) is 0. The van der Waals surface area contributed by atoms with E-state index in [2.05, 4.69) is 41.6 Å². The summed E-state index contributed by atoms with van der Waals surface area (Å²) in [5.74, 6) is 1.12. The van der Waals surface area contributed by atoms with E-state index < -0.39 is 0 Å². The van der Waals surface area contributed by atoms with Gasteiger partial charge in [0.05, 0.1) is 11.2 Å². The Morgan fingerprint density at radius 3 is 2.93 bits per heavy atom. The molecule has 0 bridgehead atoms. The molecule has 0 saturated carbocycles. The highest BCUT2D eigenvalue weighted by atomic mass is 15.0. The van der Waals surface area contributed by atoms with Crippen LogP contribution in [0, 0.1) is 6.92 Å². The SMILES string of the molecule is CCc1nc(CCN)c2cc(C)ccn12. The molecule has 3 heteroatoms. The number of pyridine rings is 1. The van der Waals surface area contributed by atoms with Gasteiger partial charge in [-0.25, -0.2) is 4.98 Å². The lowest BCUT2D eigenvalue weighted by atomic mass is 10.2. The average molecular weight is 203 g/mol. The maximum absolute atomic E-state index is 5.59. The zero-order chi connectivity index (χ0) is 10.8. The van der Waals surface area contributed by atoms with Gasteiger partial charge in [-0.1, -0.05) is 6.92 Å². The van der Waals surface area contributed by atoms with Crippen LogP contribution in [0.1, 0.15) is 24.0 Å². The number of aromatic nitrogens is 2. The van der Waals surface area contributed by atoms with Crippen LogP contribution < -0.4 is 5.73 Å². The van der Waals surface area contributed by atoms with E-state index in [0.29, 0.717) is 6.54 Å². The third-order valence-electron chi connectivity index (χ3n) is 2.65. The molecule has 0 saturated heterocycles. The molecule has 2 aromatic rings. The first kappa shape index (κ1) is 10.2. The summed E-state index contributed by atoms with van der Waals surface area (Å²) < 4.78 is 2.16. The van der Waals surface area contributed by atoms with E-state index in [9.17, 15) is 0 Å². The summed E-state index contributed by atoms with van der Waals surface area (Å²) in [6.07, 6.45) is 3.90. The monoisotopic (exact) mass is 203 g/mol. The molecule has 15 heavy (non-hydrogen) atoms. The third-order valence-corrected chi connectivity index (χ3v) is 2.65. The Balaban J connectivity index is 2.64. The fourth-order valence-corrected chi connectivity index (χ4v) is 1.89. The number of hydrogen-bond acceptors (Lipinski definition) is 2. The van der Waals surface area contributed by atoms with Crippen molar-refractivity contribution in [2.24, 2.45) is 5.73 Å². The number of hydrogen-bond donors (Lipinski definition) is 1. The predicted octanol–water partition coefficient (Wildman–Crippen LogP) is 1.71. The highest BCUT2D eigenvalue weighted by molar-refractivity contribution is 5.55. The Morgan fingerprint density at radius 2 is 2.27 bits per heavy atom. The first-order chi connectivity index (χ1) is 7.26. The lowest BCUT2D eigenvalue weighted by Crippen LogP contribution is -2.03. The van der Waals surface area contributed by atoms with Crippen molar-refractivity contribution in [2.75, 3.05) is 6.54 Å². The smallest absolute Gasteiger partial charge is 0.113 e. The molecule has 2 rings (SSSR count). The standard InChI is InChI=1S/C12H17N3/c1-3-12-14-10(4-6-13)11-8-9(2)5-7-15(11)12/h5,7-8H,3-4,6,13H2,1-2H3. The number of nitrogens with two attached hydrogens (primary N) is 1. The van der Waals surface area contributed by atoms with Gasteiger partial charge in [0.15, 0.2) is 0 Å². The molecule has 0 radical (unpaired) electrons. The van der Waals surface area contributed by atoms with Crippen molar-refractivity contribution >= 4 is 5.52 Å². The van der Waals surface area contributed by atoms with Gasteiger partial charge in [0, 0.05) is 19.0 Å². The molecule has 2 aromatic heterocycles. The van der Waals surface area contributed by atoms with Crippen LogP contribution in [0.2, 0.25) is 0 Å². The van der Waals surface area contributed by atoms with Gasteiger partial charge in [-0.15, -0.1) is 0 Å². The van der Waals surface area contributed by atoms with Gasteiger partial charge >= 0.3 is 0 Å². The Labute approximate surface area is 89.9 Å². The summed E-state index contributed by atoms with van der Waals surface area (Å²) in [4.78, 5) is 4.62. The number of aryl methyl sites for hydroxylation is 2. The zero-order valence-electron chi connectivity index (χ0n) is 9.33. The average Bonchev–Trinajstić information content (AvgIpc) is 2.57. The molecule has 0 atom stereocenters. The van der Waals surface area contributed by atoms with Gasteiger partial charge in [-0.2, -0.15) is 0 Å². The van der Waals surface area contributed by atoms with E-state index in [1.54, 1.807) is 0 Å². The minimum absolute atomic E-state index is 0.657. The molecule has 0 amide bonds. The van der Waals surface area contributed by atoms with E-state index in [4.69, 9.17) is 5.73 Å². The van der Waals surface area contributed by atoms with E-state index in [0.717, 1.165) is 24.4 Å².